The van der Waals surface area contributed by atoms with Gasteiger partial charge in [-0.3, -0.25) is 18.9 Å². The molecule has 3 rings (SSSR count). The summed E-state index contributed by atoms with van der Waals surface area (Å²) in [5.41, 5.74) is 0.562. The van der Waals surface area contributed by atoms with Crippen LogP contribution in [0.25, 0.3) is 0 Å². The lowest BCUT2D eigenvalue weighted by molar-refractivity contribution is 0.266. The maximum atomic E-state index is 12.5. The first-order chi connectivity index (χ1) is 12.9. The zero-order valence-electron chi connectivity index (χ0n) is 14.0. The first-order valence-electron chi connectivity index (χ1n) is 8.02. The zero-order valence-corrected chi connectivity index (χ0v) is 18.1. The van der Waals surface area contributed by atoms with Gasteiger partial charge in [0.25, 0.3) is 5.24 Å². The fourth-order valence-electron chi connectivity index (χ4n) is 2.59. The van der Waals surface area contributed by atoms with Crippen molar-refractivity contribution >= 4 is 74.4 Å². The van der Waals surface area contributed by atoms with E-state index in [1.54, 1.807) is 30.0 Å². The number of rotatable bonds is 6. The van der Waals surface area contributed by atoms with Gasteiger partial charge in [0.2, 0.25) is 0 Å². The van der Waals surface area contributed by atoms with E-state index in [0.717, 1.165) is 15.7 Å². The van der Waals surface area contributed by atoms with E-state index in [4.69, 9.17) is 23.2 Å². The highest BCUT2D eigenvalue weighted by Crippen LogP contribution is 2.28. The van der Waals surface area contributed by atoms with E-state index < -0.39 is 16.0 Å². The van der Waals surface area contributed by atoms with Gasteiger partial charge in [-0.25, -0.2) is 0 Å². The number of amides is 1. The van der Waals surface area contributed by atoms with Crippen LogP contribution in [0.1, 0.15) is 0 Å². The van der Waals surface area contributed by atoms with Crippen molar-refractivity contribution in [2.45, 2.75) is 10.9 Å². The quantitative estimate of drug-likeness (QED) is 0.607. The monoisotopic (exact) mass is 458 g/mol. The Kier molecular flexibility index (Phi) is 7.28. The van der Waals surface area contributed by atoms with Crippen LogP contribution >= 0.6 is 47.6 Å². The van der Waals surface area contributed by atoms with Gasteiger partial charge in [0.1, 0.15) is 0 Å². The van der Waals surface area contributed by atoms with Gasteiger partial charge in [0.15, 0.2) is 0 Å². The van der Waals surface area contributed by atoms with Crippen molar-refractivity contribution in [2.24, 2.45) is 4.99 Å². The van der Waals surface area contributed by atoms with E-state index in [1.165, 1.54) is 4.90 Å². The van der Waals surface area contributed by atoms with Gasteiger partial charge >= 0.3 is 0 Å². The van der Waals surface area contributed by atoms with Crippen molar-refractivity contribution in [2.75, 3.05) is 23.0 Å². The number of carbonyl (C=O) groups excluding carboxylic acids is 1. The molecule has 2 aromatic carbocycles. The minimum absolute atomic E-state index is 0.0501. The Bertz CT molecular complexity index is 873. The number of halogens is 2. The molecule has 2 atom stereocenters. The number of thiol groups is 1. The lowest BCUT2D eigenvalue weighted by atomic mass is 10.3. The molecule has 0 saturated heterocycles. The van der Waals surface area contributed by atoms with Crippen LogP contribution in [0.3, 0.4) is 0 Å². The van der Waals surface area contributed by atoms with Crippen LogP contribution in [0.2, 0.25) is 10.0 Å². The van der Waals surface area contributed by atoms with Crippen LogP contribution in [0.5, 0.6) is 0 Å². The third kappa shape index (κ3) is 5.74. The highest BCUT2D eigenvalue weighted by molar-refractivity contribution is 8.14. The maximum absolute atomic E-state index is 12.5. The predicted molar refractivity (Wildman–Crippen MR) is 120 cm³/mol. The number of hydrogen-bond donors (Lipinski definition) is 1. The van der Waals surface area contributed by atoms with Crippen LogP contribution in [0.15, 0.2) is 58.4 Å². The highest BCUT2D eigenvalue weighted by Gasteiger charge is 2.24. The van der Waals surface area contributed by atoms with Crippen molar-refractivity contribution in [1.82, 2.24) is 0 Å². The molecule has 9 heteroatoms. The van der Waals surface area contributed by atoms with E-state index in [2.05, 4.69) is 17.6 Å². The molecule has 0 aliphatic carbocycles. The van der Waals surface area contributed by atoms with Crippen LogP contribution < -0.4 is 4.90 Å². The van der Waals surface area contributed by atoms with E-state index in [1.807, 2.05) is 30.3 Å². The standard InChI is InChI=1S/C18H16Cl2N2O2S3/c19-12-6-13(20)8-15(7-12)22(18(23)25)9-17-21-14(10-26-17)11-27(24)16-4-2-1-3-5-16/h1-8,14H,9-11H2,(H,23,25). The SMILES string of the molecule is O=C(S)N(CC1=NC(CS(=O)c2ccccc2)CS1)c1cc(Cl)cc(Cl)c1. The Morgan fingerprint density at radius 2 is 1.89 bits per heavy atom. The molecule has 1 heterocycles. The summed E-state index contributed by atoms with van der Waals surface area (Å²) in [6, 6.07) is 14.2. The highest BCUT2D eigenvalue weighted by atomic mass is 35.5. The number of carbonyl (C=O) groups is 1. The van der Waals surface area contributed by atoms with Crippen LogP contribution in [0, 0.1) is 0 Å². The third-order valence-corrected chi connectivity index (χ3v) is 7.08. The molecule has 27 heavy (non-hydrogen) atoms. The first-order valence-corrected chi connectivity index (χ1v) is 11.5. The fraction of sp³-hybridized carbons (Fsp3) is 0.222. The predicted octanol–water partition coefficient (Wildman–Crippen LogP) is 5.17. The second-order valence-electron chi connectivity index (χ2n) is 5.81. The average molecular weight is 459 g/mol. The third-order valence-electron chi connectivity index (χ3n) is 3.80. The summed E-state index contributed by atoms with van der Waals surface area (Å²) >= 11 is 17.6. The molecular formula is C18H16Cl2N2O2S3. The second kappa shape index (κ2) is 9.47. The van der Waals surface area contributed by atoms with E-state index in [0.29, 0.717) is 21.5 Å². The molecule has 1 aliphatic rings. The summed E-state index contributed by atoms with van der Waals surface area (Å²) in [6.07, 6.45) is 0. The van der Waals surface area contributed by atoms with E-state index in [-0.39, 0.29) is 12.6 Å². The molecular weight excluding hydrogens is 443 g/mol. The van der Waals surface area contributed by atoms with Crippen LogP contribution in [0.4, 0.5) is 10.5 Å². The summed E-state index contributed by atoms with van der Waals surface area (Å²) < 4.78 is 12.5. The van der Waals surface area contributed by atoms with Crippen molar-refractivity contribution in [3.8, 4) is 0 Å². The molecule has 0 radical (unpaired) electrons. The molecule has 2 aromatic rings. The molecule has 0 N–H and O–H groups in total. The van der Waals surface area contributed by atoms with Crippen molar-refractivity contribution < 1.29 is 9.00 Å². The number of aliphatic imine (C=N–C) groups is 1. The molecule has 0 fully saturated rings. The van der Waals surface area contributed by atoms with E-state index >= 15 is 0 Å². The smallest absolute Gasteiger partial charge is 0.283 e. The number of hydrogen-bond acceptors (Lipinski definition) is 4. The summed E-state index contributed by atoms with van der Waals surface area (Å²) in [5.74, 6) is 1.19. The molecule has 4 nitrogen and oxygen atoms in total. The van der Waals surface area contributed by atoms with Crippen LogP contribution in [-0.2, 0) is 10.8 Å². The maximum Gasteiger partial charge on any atom is 0.283 e. The Morgan fingerprint density at radius 1 is 1.22 bits per heavy atom. The minimum atomic E-state index is -1.10. The molecule has 0 saturated carbocycles. The number of anilines is 1. The Hall–Kier alpha value is -0.990. The van der Waals surface area contributed by atoms with Gasteiger partial charge in [0, 0.05) is 26.4 Å². The normalized spacial score (nSPS) is 17.4. The van der Waals surface area contributed by atoms with Gasteiger partial charge in [-0.1, -0.05) is 54.0 Å². The summed E-state index contributed by atoms with van der Waals surface area (Å²) in [4.78, 5) is 18.9. The summed E-state index contributed by atoms with van der Waals surface area (Å²) in [7, 11) is -1.10. The first kappa shape index (κ1) is 20.7. The lowest BCUT2D eigenvalue weighted by Crippen LogP contribution is -2.30. The molecule has 2 unspecified atom stereocenters. The summed E-state index contributed by atoms with van der Waals surface area (Å²) in [5, 5.41) is 1.25. The van der Waals surface area contributed by atoms with Gasteiger partial charge in [-0.05, 0) is 30.3 Å². The second-order valence-corrected chi connectivity index (χ2v) is 9.65. The Balaban J connectivity index is 1.69. The van der Waals surface area contributed by atoms with Gasteiger partial charge in [-0.2, -0.15) is 0 Å². The fourth-order valence-corrected chi connectivity index (χ4v) is 5.65. The minimum Gasteiger partial charge on any atom is -0.297 e. The molecule has 1 amide bonds. The Morgan fingerprint density at radius 3 is 2.52 bits per heavy atom. The lowest BCUT2D eigenvalue weighted by Gasteiger charge is -2.20. The van der Waals surface area contributed by atoms with Crippen molar-refractivity contribution in [3.05, 3.63) is 58.6 Å². The average Bonchev–Trinajstić information content (AvgIpc) is 3.06. The van der Waals surface area contributed by atoms with Crippen molar-refractivity contribution in [3.63, 3.8) is 0 Å². The number of benzene rings is 2. The topological polar surface area (TPSA) is 49.7 Å². The molecule has 0 bridgehead atoms. The van der Waals surface area contributed by atoms with Gasteiger partial charge in [-0.15, -0.1) is 11.8 Å². The molecule has 0 aromatic heterocycles. The van der Waals surface area contributed by atoms with Crippen molar-refractivity contribution in [1.29, 1.82) is 0 Å². The summed E-state index contributed by atoms with van der Waals surface area (Å²) in [6.45, 7) is 0.276. The van der Waals surface area contributed by atoms with E-state index in [9.17, 15) is 9.00 Å². The number of thioether (sulfide) groups is 1. The molecule has 1 aliphatic heterocycles. The number of nitrogens with zero attached hydrogens (tertiary/aromatic N) is 2. The zero-order chi connectivity index (χ0) is 19.4. The Labute approximate surface area is 180 Å². The van der Waals surface area contributed by atoms with Crippen LogP contribution in [-0.4, -0.2) is 38.6 Å². The largest absolute Gasteiger partial charge is 0.297 e. The molecule has 0 spiro atoms. The molecule has 142 valence electrons. The van der Waals surface area contributed by atoms with Gasteiger partial charge < -0.3 is 0 Å². The van der Waals surface area contributed by atoms with Gasteiger partial charge in [0.05, 0.1) is 34.2 Å².